The number of halogens is 1. The predicted molar refractivity (Wildman–Crippen MR) is 106 cm³/mol. The molecule has 0 fully saturated rings. The number of aromatic nitrogens is 2. The molecule has 0 atom stereocenters. The zero-order valence-electron chi connectivity index (χ0n) is 14.4. The zero-order chi connectivity index (χ0) is 18.5. The average Bonchev–Trinajstić information content (AvgIpc) is 2.56. The fourth-order valence-electron chi connectivity index (χ4n) is 2.37. The van der Waals surface area contributed by atoms with Crippen molar-refractivity contribution in [3.05, 3.63) is 65.3 Å². The highest BCUT2D eigenvalue weighted by Crippen LogP contribution is 2.22. The monoisotopic (exact) mass is 367 g/mol. The van der Waals surface area contributed by atoms with Crippen molar-refractivity contribution in [2.75, 3.05) is 16.0 Å². The summed E-state index contributed by atoms with van der Waals surface area (Å²) in [5, 5.41) is 9.76. The van der Waals surface area contributed by atoms with Gasteiger partial charge in [-0.1, -0.05) is 17.7 Å². The molecule has 0 saturated heterocycles. The molecular weight excluding hydrogens is 350 g/mol. The number of rotatable bonds is 5. The molecule has 132 valence electrons. The lowest BCUT2D eigenvalue weighted by atomic mass is 10.3. The third-order valence-electron chi connectivity index (χ3n) is 3.41. The lowest BCUT2D eigenvalue weighted by Gasteiger charge is -2.11. The number of hydrogen-bond acceptors (Lipinski definition) is 5. The molecule has 0 unspecified atom stereocenters. The average molecular weight is 368 g/mol. The smallest absolute Gasteiger partial charge is 0.229 e. The molecule has 7 heteroatoms. The molecule has 6 nitrogen and oxygen atoms in total. The van der Waals surface area contributed by atoms with Gasteiger partial charge in [0.2, 0.25) is 11.9 Å². The number of carbonyl (C=O) groups is 1. The van der Waals surface area contributed by atoms with Gasteiger partial charge < -0.3 is 16.0 Å². The molecule has 26 heavy (non-hydrogen) atoms. The molecule has 1 amide bonds. The van der Waals surface area contributed by atoms with E-state index in [1.807, 2.05) is 61.5 Å². The van der Waals surface area contributed by atoms with Gasteiger partial charge in [-0.15, -0.1) is 0 Å². The van der Waals surface area contributed by atoms with Crippen LogP contribution in [0.5, 0.6) is 0 Å². The molecule has 1 heterocycles. The van der Waals surface area contributed by atoms with Crippen LogP contribution in [0.3, 0.4) is 0 Å². The Kier molecular flexibility index (Phi) is 5.34. The first-order chi connectivity index (χ1) is 12.5. The molecule has 0 aliphatic rings. The Morgan fingerprint density at radius 2 is 1.65 bits per heavy atom. The van der Waals surface area contributed by atoms with Gasteiger partial charge in [0.05, 0.1) is 0 Å². The van der Waals surface area contributed by atoms with Gasteiger partial charge in [-0.25, -0.2) is 4.98 Å². The summed E-state index contributed by atoms with van der Waals surface area (Å²) in [4.78, 5) is 20.0. The number of hydrogen-bond donors (Lipinski definition) is 3. The molecule has 2 aromatic carbocycles. The number of amides is 1. The van der Waals surface area contributed by atoms with Crippen molar-refractivity contribution in [3.8, 4) is 0 Å². The molecular formula is C19H18ClN5O. The third-order valence-corrected chi connectivity index (χ3v) is 3.65. The highest BCUT2D eigenvalue weighted by atomic mass is 35.5. The second kappa shape index (κ2) is 7.84. The number of aryl methyl sites for hydroxylation is 1. The summed E-state index contributed by atoms with van der Waals surface area (Å²) >= 11 is 6.01. The van der Waals surface area contributed by atoms with Gasteiger partial charge in [0, 0.05) is 40.8 Å². The molecule has 0 saturated carbocycles. The van der Waals surface area contributed by atoms with E-state index in [4.69, 9.17) is 11.6 Å². The van der Waals surface area contributed by atoms with E-state index in [-0.39, 0.29) is 5.91 Å². The number of carbonyl (C=O) groups excluding carboxylic acids is 1. The van der Waals surface area contributed by atoms with E-state index in [2.05, 4.69) is 25.9 Å². The summed E-state index contributed by atoms with van der Waals surface area (Å²) in [5.41, 5.74) is 3.22. The Morgan fingerprint density at radius 3 is 2.35 bits per heavy atom. The van der Waals surface area contributed by atoms with Crippen molar-refractivity contribution in [2.24, 2.45) is 0 Å². The molecule has 0 bridgehead atoms. The minimum atomic E-state index is -0.107. The van der Waals surface area contributed by atoms with Crippen LogP contribution in [0.4, 0.5) is 28.8 Å². The molecule has 3 N–H and O–H groups in total. The summed E-state index contributed by atoms with van der Waals surface area (Å²) in [5.74, 6) is 1.03. The van der Waals surface area contributed by atoms with Crippen LogP contribution in [0.2, 0.25) is 5.02 Å². The van der Waals surface area contributed by atoms with E-state index in [1.54, 1.807) is 0 Å². The Hall–Kier alpha value is -3.12. The van der Waals surface area contributed by atoms with Crippen LogP contribution in [0.25, 0.3) is 0 Å². The standard InChI is InChI=1S/C19H18ClN5O/c1-12-10-18(23-17-5-3-4-14(20)11-17)25-19(21-12)24-16-8-6-15(7-9-16)22-13(2)26/h3-11H,1-2H3,(H,22,26)(H2,21,23,24,25). The summed E-state index contributed by atoms with van der Waals surface area (Å²) in [6, 6.07) is 16.6. The fraction of sp³-hybridized carbons (Fsp3) is 0.105. The molecule has 1 aromatic heterocycles. The first kappa shape index (κ1) is 17.7. The summed E-state index contributed by atoms with van der Waals surface area (Å²) in [7, 11) is 0. The largest absolute Gasteiger partial charge is 0.340 e. The number of benzene rings is 2. The van der Waals surface area contributed by atoms with Gasteiger partial charge in [0.25, 0.3) is 0 Å². The predicted octanol–water partition coefficient (Wildman–Crippen LogP) is 4.88. The van der Waals surface area contributed by atoms with Crippen molar-refractivity contribution in [2.45, 2.75) is 13.8 Å². The SMILES string of the molecule is CC(=O)Nc1ccc(Nc2nc(C)cc(Nc3cccc(Cl)c3)n2)cc1. The minimum Gasteiger partial charge on any atom is -0.340 e. The van der Waals surface area contributed by atoms with Crippen LogP contribution in [0.15, 0.2) is 54.6 Å². The van der Waals surface area contributed by atoms with Gasteiger partial charge in [-0.2, -0.15) is 4.98 Å². The van der Waals surface area contributed by atoms with E-state index in [9.17, 15) is 4.79 Å². The third kappa shape index (κ3) is 4.94. The van der Waals surface area contributed by atoms with Crippen LogP contribution in [-0.4, -0.2) is 15.9 Å². The van der Waals surface area contributed by atoms with E-state index in [0.29, 0.717) is 16.8 Å². The fourth-order valence-corrected chi connectivity index (χ4v) is 2.56. The van der Waals surface area contributed by atoms with Crippen molar-refractivity contribution in [1.29, 1.82) is 0 Å². The quantitative estimate of drug-likeness (QED) is 0.598. The van der Waals surface area contributed by atoms with Crippen molar-refractivity contribution in [3.63, 3.8) is 0 Å². The van der Waals surface area contributed by atoms with Crippen molar-refractivity contribution in [1.82, 2.24) is 9.97 Å². The molecule has 0 aliphatic heterocycles. The van der Waals surface area contributed by atoms with Crippen LogP contribution < -0.4 is 16.0 Å². The molecule has 0 radical (unpaired) electrons. The van der Waals surface area contributed by atoms with Crippen LogP contribution in [0, 0.1) is 6.92 Å². The molecule has 0 spiro atoms. The Bertz CT molecular complexity index is 927. The minimum absolute atomic E-state index is 0.107. The Labute approximate surface area is 156 Å². The first-order valence-corrected chi connectivity index (χ1v) is 8.39. The van der Waals surface area contributed by atoms with Crippen molar-refractivity contribution < 1.29 is 4.79 Å². The Morgan fingerprint density at radius 1 is 0.923 bits per heavy atom. The van der Waals surface area contributed by atoms with Crippen LogP contribution in [0.1, 0.15) is 12.6 Å². The van der Waals surface area contributed by atoms with Crippen molar-refractivity contribution >= 4 is 46.3 Å². The van der Waals surface area contributed by atoms with E-state index >= 15 is 0 Å². The normalized spacial score (nSPS) is 10.3. The lowest BCUT2D eigenvalue weighted by molar-refractivity contribution is -0.114. The topological polar surface area (TPSA) is 78.9 Å². The van der Waals surface area contributed by atoms with Crippen LogP contribution in [-0.2, 0) is 4.79 Å². The van der Waals surface area contributed by atoms with Crippen LogP contribution >= 0.6 is 11.6 Å². The summed E-state index contributed by atoms with van der Waals surface area (Å²) < 4.78 is 0. The lowest BCUT2D eigenvalue weighted by Crippen LogP contribution is -2.06. The maximum atomic E-state index is 11.1. The highest BCUT2D eigenvalue weighted by molar-refractivity contribution is 6.30. The van der Waals surface area contributed by atoms with E-state index in [1.165, 1.54) is 6.92 Å². The highest BCUT2D eigenvalue weighted by Gasteiger charge is 2.05. The van der Waals surface area contributed by atoms with E-state index < -0.39 is 0 Å². The maximum absolute atomic E-state index is 11.1. The maximum Gasteiger partial charge on any atom is 0.229 e. The zero-order valence-corrected chi connectivity index (χ0v) is 15.1. The number of nitrogens with one attached hydrogen (secondary N) is 3. The summed E-state index contributed by atoms with van der Waals surface area (Å²) in [6.45, 7) is 3.37. The Balaban J connectivity index is 1.76. The number of nitrogens with zero attached hydrogens (tertiary/aromatic N) is 2. The second-order valence-electron chi connectivity index (χ2n) is 5.74. The number of anilines is 5. The van der Waals surface area contributed by atoms with E-state index in [0.717, 1.165) is 22.8 Å². The van der Waals surface area contributed by atoms with Gasteiger partial charge in [0.1, 0.15) is 5.82 Å². The second-order valence-corrected chi connectivity index (χ2v) is 6.17. The van der Waals surface area contributed by atoms with Gasteiger partial charge in [0.15, 0.2) is 0 Å². The van der Waals surface area contributed by atoms with Gasteiger partial charge >= 0.3 is 0 Å². The molecule has 0 aliphatic carbocycles. The summed E-state index contributed by atoms with van der Waals surface area (Å²) in [6.07, 6.45) is 0. The van der Waals surface area contributed by atoms with Gasteiger partial charge in [-0.05, 0) is 49.4 Å². The molecule has 3 rings (SSSR count). The molecule has 3 aromatic rings. The first-order valence-electron chi connectivity index (χ1n) is 8.01. The van der Waals surface area contributed by atoms with Gasteiger partial charge in [-0.3, -0.25) is 4.79 Å².